The van der Waals surface area contributed by atoms with E-state index in [1.807, 2.05) is 31.2 Å². The smallest absolute Gasteiger partial charge is 0.373 e. The minimum Gasteiger partial charge on any atom is -0.373 e. The van der Waals surface area contributed by atoms with Crippen LogP contribution in [0.3, 0.4) is 0 Å². The van der Waals surface area contributed by atoms with Crippen LogP contribution in [0.2, 0.25) is 0 Å². The van der Waals surface area contributed by atoms with Gasteiger partial charge in [-0.2, -0.15) is 13.2 Å². The lowest BCUT2D eigenvalue weighted by Crippen LogP contribution is -2.57. The van der Waals surface area contributed by atoms with E-state index in [9.17, 15) is 23.1 Å². The van der Waals surface area contributed by atoms with Crippen LogP contribution < -0.4 is 0 Å². The van der Waals surface area contributed by atoms with Crippen LogP contribution >= 0.6 is 0 Å². The van der Waals surface area contributed by atoms with E-state index in [0.717, 1.165) is 21.8 Å². The number of amides is 1. The topological polar surface area (TPSA) is 71.2 Å². The molecule has 1 amide bonds. The van der Waals surface area contributed by atoms with E-state index in [1.165, 1.54) is 0 Å². The van der Waals surface area contributed by atoms with Crippen LogP contribution in [0.25, 0.3) is 5.69 Å². The van der Waals surface area contributed by atoms with Gasteiger partial charge in [-0.15, -0.1) is 5.10 Å². The van der Waals surface area contributed by atoms with Crippen molar-refractivity contribution in [3.63, 3.8) is 0 Å². The van der Waals surface area contributed by atoms with Crippen molar-refractivity contribution >= 4 is 5.91 Å². The third-order valence-electron chi connectivity index (χ3n) is 5.02. The minimum absolute atomic E-state index is 0.0150. The minimum atomic E-state index is -5.01. The Hall–Kier alpha value is -2.42. The molecule has 0 bridgehead atoms. The summed E-state index contributed by atoms with van der Waals surface area (Å²) in [6.07, 6.45) is -2.42. The van der Waals surface area contributed by atoms with E-state index in [2.05, 4.69) is 10.3 Å². The first-order valence-corrected chi connectivity index (χ1v) is 8.67. The summed E-state index contributed by atoms with van der Waals surface area (Å²) >= 11 is 0. The predicted octanol–water partition coefficient (Wildman–Crippen LogP) is 2.60. The number of benzene rings is 1. The second kappa shape index (κ2) is 6.95. The van der Waals surface area contributed by atoms with Gasteiger partial charge in [-0.3, -0.25) is 4.79 Å². The number of hydrogen-bond donors (Lipinski definition) is 1. The molecule has 9 heteroatoms. The van der Waals surface area contributed by atoms with Crippen LogP contribution in [0.1, 0.15) is 36.9 Å². The molecule has 1 atom stereocenters. The number of aliphatic hydroxyl groups is 1. The molecular weight excluding hydrogens is 361 g/mol. The number of aromatic nitrogens is 3. The molecule has 0 radical (unpaired) electrons. The number of nitrogens with zero attached hydrogens (tertiary/aromatic N) is 4. The van der Waals surface area contributed by atoms with Crippen molar-refractivity contribution in [3.05, 3.63) is 41.7 Å². The Morgan fingerprint density at radius 2 is 1.78 bits per heavy atom. The zero-order chi connectivity index (χ0) is 19.8. The number of halogens is 3. The number of rotatable bonds is 3. The number of likely N-dealkylation sites (tertiary alicyclic amines) is 1. The molecule has 3 rings (SSSR count). The fourth-order valence-corrected chi connectivity index (χ4v) is 3.22. The van der Waals surface area contributed by atoms with Gasteiger partial charge in [0, 0.05) is 19.0 Å². The Morgan fingerprint density at radius 3 is 2.33 bits per heavy atom. The lowest BCUT2D eigenvalue weighted by molar-refractivity contribution is -0.250. The molecule has 1 N–H and O–H groups in total. The zero-order valence-corrected chi connectivity index (χ0v) is 15.1. The van der Waals surface area contributed by atoms with Gasteiger partial charge in [0.1, 0.15) is 0 Å². The number of aryl methyl sites for hydroxylation is 1. The highest BCUT2D eigenvalue weighted by molar-refractivity contribution is 5.85. The normalized spacial score (nSPS) is 18.4. The van der Waals surface area contributed by atoms with Gasteiger partial charge in [0.15, 0.2) is 0 Å². The van der Waals surface area contributed by atoms with Crippen molar-refractivity contribution in [2.45, 2.75) is 44.4 Å². The number of carbonyl (C=O) groups is 1. The van der Waals surface area contributed by atoms with Crippen LogP contribution in [-0.2, 0) is 4.79 Å². The van der Waals surface area contributed by atoms with Crippen LogP contribution in [0.15, 0.2) is 30.5 Å². The Bertz CT molecular complexity index is 807. The van der Waals surface area contributed by atoms with Gasteiger partial charge in [0.2, 0.25) is 5.60 Å². The van der Waals surface area contributed by atoms with Crippen LogP contribution in [0, 0.1) is 6.92 Å². The molecule has 1 fully saturated rings. The van der Waals surface area contributed by atoms with Gasteiger partial charge in [0.05, 0.1) is 17.6 Å². The van der Waals surface area contributed by atoms with Gasteiger partial charge in [0.25, 0.3) is 5.91 Å². The van der Waals surface area contributed by atoms with Gasteiger partial charge < -0.3 is 10.0 Å². The molecular formula is C18H21F3N4O2. The molecule has 1 aliphatic heterocycles. The average Bonchev–Trinajstić information content (AvgIpc) is 3.10. The van der Waals surface area contributed by atoms with E-state index in [1.54, 1.807) is 10.9 Å². The summed E-state index contributed by atoms with van der Waals surface area (Å²) in [6, 6.07) is 7.77. The quantitative estimate of drug-likeness (QED) is 0.886. The molecule has 2 heterocycles. The summed E-state index contributed by atoms with van der Waals surface area (Å²) < 4.78 is 40.4. The number of hydrogen-bond acceptors (Lipinski definition) is 4. The summed E-state index contributed by atoms with van der Waals surface area (Å²) in [5.41, 5.74) is -0.547. The molecule has 6 nitrogen and oxygen atoms in total. The SMILES string of the molecule is Cc1ccc(-n2nncc2C2CCN(C(=O)C(C)(O)C(F)(F)F)CC2)cc1. The summed E-state index contributed by atoms with van der Waals surface area (Å²) in [7, 11) is 0. The fraction of sp³-hybridized carbons (Fsp3) is 0.500. The first kappa shape index (κ1) is 19.3. The maximum atomic E-state index is 12.9. The van der Waals surface area contributed by atoms with Crippen molar-refractivity contribution in [3.8, 4) is 5.69 Å². The number of piperidine rings is 1. The fourth-order valence-electron chi connectivity index (χ4n) is 3.22. The van der Waals surface area contributed by atoms with Gasteiger partial charge in [-0.05, 0) is 38.8 Å². The van der Waals surface area contributed by atoms with Gasteiger partial charge in [-0.25, -0.2) is 4.68 Å². The van der Waals surface area contributed by atoms with E-state index < -0.39 is 17.7 Å². The second-order valence-corrected chi connectivity index (χ2v) is 7.04. The molecule has 27 heavy (non-hydrogen) atoms. The molecule has 0 spiro atoms. The second-order valence-electron chi connectivity index (χ2n) is 7.04. The molecule has 2 aromatic rings. The maximum absolute atomic E-state index is 12.9. The van der Waals surface area contributed by atoms with Crippen molar-refractivity contribution in [1.82, 2.24) is 19.9 Å². The molecule has 146 valence electrons. The van der Waals surface area contributed by atoms with E-state index >= 15 is 0 Å². The van der Waals surface area contributed by atoms with E-state index in [4.69, 9.17) is 0 Å². The molecule has 0 saturated carbocycles. The van der Waals surface area contributed by atoms with Crippen molar-refractivity contribution < 1.29 is 23.1 Å². The Labute approximate surface area is 154 Å². The zero-order valence-electron chi connectivity index (χ0n) is 15.1. The molecule has 1 unspecified atom stereocenters. The molecule has 1 aromatic heterocycles. The highest BCUT2D eigenvalue weighted by Gasteiger charge is 2.57. The Morgan fingerprint density at radius 1 is 1.19 bits per heavy atom. The maximum Gasteiger partial charge on any atom is 0.426 e. The third kappa shape index (κ3) is 3.69. The van der Waals surface area contributed by atoms with Crippen molar-refractivity contribution in [2.75, 3.05) is 13.1 Å². The third-order valence-corrected chi connectivity index (χ3v) is 5.02. The van der Waals surface area contributed by atoms with Gasteiger partial charge >= 0.3 is 6.18 Å². The average molecular weight is 382 g/mol. The first-order chi connectivity index (χ1) is 12.6. The van der Waals surface area contributed by atoms with Crippen LogP contribution in [0.4, 0.5) is 13.2 Å². The highest BCUT2D eigenvalue weighted by atomic mass is 19.4. The summed E-state index contributed by atoms with van der Waals surface area (Å²) in [5, 5.41) is 17.7. The molecule has 1 aromatic carbocycles. The Kier molecular flexibility index (Phi) is 4.98. The summed E-state index contributed by atoms with van der Waals surface area (Å²) in [6.45, 7) is 2.75. The highest BCUT2D eigenvalue weighted by Crippen LogP contribution is 2.34. The van der Waals surface area contributed by atoms with E-state index in [0.29, 0.717) is 19.8 Å². The van der Waals surface area contributed by atoms with E-state index in [-0.39, 0.29) is 19.0 Å². The van der Waals surface area contributed by atoms with Crippen LogP contribution in [-0.4, -0.2) is 55.8 Å². The molecule has 0 aliphatic carbocycles. The lowest BCUT2D eigenvalue weighted by atomic mass is 9.92. The van der Waals surface area contributed by atoms with Gasteiger partial charge in [-0.1, -0.05) is 22.9 Å². The Balaban J connectivity index is 1.71. The van der Waals surface area contributed by atoms with Crippen molar-refractivity contribution in [2.24, 2.45) is 0 Å². The lowest BCUT2D eigenvalue weighted by Gasteiger charge is -2.36. The predicted molar refractivity (Wildman–Crippen MR) is 91.3 cm³/mol. The summed E-state index contributed by atoms with van der Waals surface area (Å²) in [4.78, 5) is 13.2. The summed E-state index contributed by atoms with van der Waals surface area (Å²) in [5.74, 6) is -1.29. The van der Waals surface area contributed by atoms with Crippen LogP contribution in [0.5, 0.6) is 0 Å². The standard InChI is InChI=1S/C18H21F3N4O2/c1-12-3-5-14(6-4-12)25-15(11-22-23-25)13-7-9-24(10-8-13)16(26)17(2,27)18(19,20)21/h3-6,11,13,27H,7-10H2,1-2H3. The first-order valence-electron chi connectivity index (χ1n) is 8.67. The molecule has 1 aliphatic rings. The molecule has 1 saturated heterocycles. The monoisotopic (exact) mass is 382 g/mol. The van der Waals surface area contributed by atoms with Crippen molar-refractivity contribution in [1.29, 1.82) is 0 Å². The largest absolute Gasteiger partial charge is 0.426 e. The number of alkyl halides is 3. The number of carbonyl (C=O) groups excluding carboxylic acids is 1.